The van der Waals surface area contributed by atoms with E-state index >= 15 is 0 Å². The largest absolute Gasteiger partial charge is 0.459 e. The normalized spacial score (nSPS) is 47.2. The van der Waals surface area contributed by atoms with Gasteiger partial charge in [-0.05, 0) is 43.9 Å². The summed E-state index contributed by atoms with van der Waals surface area (Å²) in [7, 11) is 0. The first-order valence-electron chi connectivity index (χ1n) is 6.15. The first-order valence-corrected chi connectivity index (χ1v) is 6.15. The fourth-order valence-electron chi connectivity index (χ4n) is 3.93. The second-order valence-corrected chi connectivity index (χ2v) is 5.88. The highest BCUT2D eigenvalue weighted by Gasteiger charge is 2.47. The molecule has 0 radical (unpaired) electrons. The number of rotatable bonds is 0. The van der Waals surface area contributed by atoms with Crippen LogP contribution >= 0.6 is 0 Å². The van der Waals surface area contributed by atoms with Gasteiger partial charge in [-0.15, -0.1) is 0 Å². The summed E-state index contributed by atoms with van der Waals surface area (Å²) in [5.41, 5.74) is 0.00306. The molecular weight excluding hydrogens is 204 g/mol. The molecular formula is C13H18O3. The summed E-state index contributed by atoms with van der Waals surface area (Å²) in [6.07, 6.45) is 4.99. The topological polar surface area (TPSA) is 46.5 Å². The standard InChI is InChI=1S/C13H18O3/c1-8-2-9-3-10-4-11(16-12(8)14)7-13(15,5-9)6-10/h9-11,15H,1-7H2. The van der Waals surface area contributed by atoms with Gasteiger partial charge in [-0.2, -0.15) is 0 Å². The Morgan fingerprint density at radius 1 is 1.25 bits per heavy atom. The van der Waals surface area contributed by atoms with Gasteiger partial charge in [-0.1, -0.05) is 6.58 Å². The van der Waals surface area contributed by atoms with E-state index in [1.807, 2.05) is 0 Å². The molecule has 4 bridgehead atoms. The lowest BCUT2D eigenvalue weighted by atomic mass is 9.64. The molecule has 4 aliphatic rings. The van der Waals surface area contributed by atoms with Crippen molar-refractivity contribution in [3.63, 3.8) is 0 Å². The summed E-state index contributed by atoms with van der Waals surface area (Å²) in [6.45, 7) is 3.81. The average Bonchev–Trinajstić information content (AvgIpc) is 2.17. The molecule has 16 heavy (non-hydrogen) atoms. The fraction of sp³-hybridized carbons (Fsp3) is 0.769. The highest BCUT2D eigenvalue weighted by molar-refractivity contribution is 5.87. The van der Waals surface area contributed by atoms with Gasteiger partial charge in [-0.3, -0.25) is 0 Å². The van der Waals surface area contributed by atoms with Gasteiger partial charge >= 0.3 is 5.97 Å². The Hall–Kier alpha value is -0.830. The summed E-state index contributed by atoms with van der Waals surface area (Å²) < 4.78 is 5.42. The molecule has 0 aromatic heterocycles. The summed E-state index contributed by atoms with van der Waals surface area (Å²) in [5.74, 6) is 0.700. The lowest BCUT2D eigenvalue weighted by Crippen LogP contribution is -2.47. The van der Waals surface area contributed by atoms with Gasteiger partial charge in [0.25, 0.3) is 0 Å². The van der Waals surface area contributed by atoms with Crippen molar-refractivity contribution in [2.75, 3.05) is 0 Å². The Morgan fingerprint density at radius 3 is 2.75 bits per heavy atom. The molecule has 2 aliphatic carbocycles. The summed E-state index contributed by atoms with van der Waals surface area (Å²) in [4.78, 5) is 11.7. The summed E-state index contributed by atoms with van der Waals surface area (Å²) in [5, 5.41) is 10.5. The Balaban J connectivity index is 1.94. The van der Waals surface area contributed by atoms with E-state index < -0.39 is 5.60 Å². The Labute approximate surface area is 95.5 Å². The van der Waals surface area contributed by atoms with Crippen LogP contribution in [0.2, 0.25) is 0 Å². The number of ether oxygens (including phenoxy) is 1. The van der Waals surface area contributed by atoms with Crippen LogP contribution in [0.4, 0.5) is 0 Å². The van der Waals surface area contributed by atoms with Gasteiger partial charge in [0.2, 0.25) is 0 Å². The zero-order valence-electron chi connectivity index (χ0n) is 9.45. The number of esters is 1. The van der Waals surface area contributed by atoms with Gasteiger partial charge in [0.15, 0.2) is 0 Å². The second kappa shape index (κ2) is 3.33. The van der Waals surface area contributed by atoms with Crippen molar-refractivity contribution in [1.29, 1.82) is 0 Å². The lowest BCUT2D eigenvalue weighted by Gasteiger charge is -2.46. The molecule has 88 valence electrons. The smallest absolute Gasteiger partial charge is 0.333 e. The Kier molecular flexibility index (Phi) is 2.15. The molecule has 0 spiro atoms. The Morgan fingerprint density at radius 2 is 2.00 bits per heavy atom. The van der Waals surface area contributed by atoms with Crippen molar-refractivity contribution in [1.82, 2.24) is 0 Å². The van der Waals surface area contributed by atoms with Crippen molar-refractivity contribution >= 4 is 5.97 Å². The molecule has 2 aliphatic heterocycles. The number of carbonyl (C=O) groups is 1. The maximum atomic E-state index is 11.7. The highest BCUT2D eigenvalue weighted by Crippen LogP contribution is 2.48. The lowest BCUT2D eigenvalue weighted by molar-refractivity contribution is -0.155. The number of fused-ring (bicyclic) bond motifs is 3. The van der Waals surface area contributed by atoms with E-state index in [1.165, 1.54) is 0 Å². The van der Waals surface area contributed by atoms with Crippen LogP contribution < -0.4 is 0 Å². The second-order valence-electron chi connectivity index (χ2n) is 5.88. The Bertz CT molecular complexity index is 319. The van der Waals surface area contributed by atoms with Crippen LogP contribution in [0.5, 0.6) is 0 Å². The van der Waals surface area contributed by atoms with Crippen LogP contribution in [0.25, 0.3) is 0 Å². The van der Waals surface area contributed by atoms with Gasteiger partial charge in [0.1, 0.15) is 6.10 Å². The maximum absolute atomic E-state index is 11.7. The monoisotopic (exact) mass is 222 g/mol. The van der Waals surface area contributed by atoms with E-state index in [4.69, 9.17) is 4.74 Å². The minimum absolute atomic E-state index is 0.0907. The molecule has 2 saturated carbocycles. The minimum atomic E-state index is -0.582. The van der Waals surface area contributed by atoms with E-state index in [9.17, 15) is 9.90 Å². The van der Waals surface area contributed by atoms with Crippen molar-refractivity contribution in [3.05, 3.63) is 12.2 Å². The van der Waals surface area contributed by atoms with Crippen LogP contribution in [0.3, 0.4) is 0 Å². The van der Waals surface area contributed by atoms with Gasteiger partial charge < -0.3 is 9.84 Å². The van der Waals surface area contributed by atoms with Crippen LogP contribution in [0.15, 0.2) is 12.2 Å². The third-order valence-electron chi connectivity index (χ3n) is 4.31. The third kappa shape index (κ3) is 1.67. The molecule has 1 N–H and O–H groups in total. The van der Waals surface area contributed by atoms with Crippen LogP contribution in [0.1, 0.15) is 38.5 Å². The first kappa shape index (κ1) is 10.3. The van der Waals surface area contributed by atoms with Crippen LogP contribution in [0, 0.1) is 11.8 Å². The number of hydrogen-bond acceptors (Lipinski definition) is 3. The van der Waals surface area contributed by atoms with Gasteiger partial charge in [0.05, 0.1) is 5.60 Å². The molecule has 4 atom stereocenters. The maximum Gasteiger partial charge on any atom is 0.333 e. The molecule has 2 heterocycles. The zero-order chi connectivity index (χ0) is 11.3. The van der Waals surface area contributed by atoms with Crippen LogP contribution in [-0.4, -0.2) is 22.8 Å². The van der Waals surface area contributed by atoms with Gasteiger partial charge in [-0.25, -0.2) is 4.79 Å². The summed E-state index contributed by atoms with van der Waals surface area (Å²) >= 11 is 0. The quantitative estimate of drug-likeness (QED) is 0.502. The fourth-order valence-corrected chi connectivity index (χ4v) is 3.93. The molecule has 4 unspecified atom stereocenters. The SMILES string of the molecule is C=C1CC2CC3CC(CC(O)(C2)C3)OC1=O. The minimum Gasteiger partial charge on any atom is -0.459 e. The first-order chi connectivity index (χ1) is 7.54. The molecule has 0 amide bonds. The highest BCUT2D eigenvalue weighted by atomic mass is 16.5. The van der Waals surface area contributed by atoms with Crippen molar-refractivity contribution in [2.45, 2.75) is 50.2 Å². The van der Waals surface area contributed by atoms with Crippen molar-refractivity contribution in [2.24, 2.45) is 11.8 Å². The third-order valence-corrected chi connectivity index (χ3v) is 4.31. The van der Waals surface area contributed by atoms with Crippen LogP contribution in [-0.2, 0) is 9.53 Å². The molecule has 2 saturated heterocycles. The number of aliphatic hydroxyl groups is 1. The van der Waals surface area contributed by atoms with E-state index in [1.54, 1.807) is 0 Å². The molecule has 0 aromatic rings. The van der Waals surface area contributed by atoms with E-state index in [0.29, 0.717) is 30.3 Å². The number of hydrogen-bond donors (Lipinski definition) is 1. The predicted molar refractivity (Wildman–Crippen MR) is 58.7 cm³/mol. The van der Waals surface area contributed by atoms with E-state index in [0.717, 1.165) is 25.7 Å². The molecule has 0 aromatic carbocycles. The van der Waals surface area contributed by atoms with Gasteiger partial charge in [0, 0.05) is 12.0 Å². The predicted octanol–water partition coefficient (Wildman–Crippen LogP) is 1.80. The number of carbonyl (C=O) groups excluding carboxylic acids is 1. The van der Waals surface area contributed by atoms with Crippen molar-refractivity contribution in [3.8, 4) is 0 Å². The molecule has 4 fully saturated rings. The average molecular weight is 222 g/mol. The molecule has 3 heteroatoms. The zero-order valence-corrected chi connectivity index (χ0v) is 9.45. The van der Waals surface area contributed by atoms with E-state index in [2.05, 4.69) is 6.58 Å². The molecule has 3 nitrogen and oxygen atoms in total. The molecule has 4 rings (SSSR count). The summed E-state index contributed by atoms with van der Waals surface area (Å²) in [6, 6.07) is 0. The van der Waals surface area contributed by atoms with E-state index in [-0.39, 0.29) is 12.1 Å². The van der Waals surface area contributed by atoms with Crippen molar-refractivity contribution < 1.29 is 14.6 Å².